The van der Waals surface area contributed by atoms with Crippen molar-refractivity contribution in [1.82, 2.24) is 0 Å². The molecule has 1 saturated carbocycles. The molecule has 0 aliphatic heterocycles. The number of halogens is 2. The number of nitrogens with zero attached hydrogens (tertiary/aromatic N) is 1. The van der Waals surface area contributed by atoms with Gasteiger partial charge in [-0.25, -0.2) is 4.79 Å². The molecule has 19 heavy (non-hydrogen) atoms. The van der Waals surface area contributed by atoms with Crippen LogP contribution in [0.1, 0.15) is 29.6 Å². The van der Waals surface area contributed by atoms with Crippen LogP contribution in [0.2, 0.25) is 10.0 Å². The summed E-state index contributed by atoms with van der Waals surface area (Å²) in [6, 6.07) is 2.18. The Morgan fingerprint density at radius 1 is 1.42 bits per heavy atom. The van der Waals surface area contributed by atoms with Crippen LogP contribution in [0.4, 0.5) is 5.69 Å². The highest BCUT2D eigenvalue weighted by Gasteiger charge is 2.23. The summed E-state index contributed by atoms with van der Waals surface area (Å²) in [7, 11) is 0. The molecule has 0 spiro atoms. The van der Waals surface area contributed by atoms with E-state index in [1.807, 2.05) is 0 Å². The van der Waals surface area contributed by atoms with Gasteiger partial charge in [-0.05, 0) is 12.3 Å². The van der Waals surface area contributed by atoms with Crippen molar-refractivity contribution in [2.45, 2.75) is 19.3 Å². The summed E-state index contributed by atoms with van der Waals surface area (Å²) in [6.45, 7) is 0.292. The van der Waals surface area contributed by atoms with Crippen molar-refractivity contribution >= 4 is 34.9 Å². The van der Waals surface area contributed by atoms with Crippen LogP contribution < -0.4 is 0 Å². The van der Waals surface area contributed by atoms with E-state index < -0.39 is 10.9 Å². The van der Waals surface area contributed by atoms with E-state index in [1.165, 1.54) is 12.8 Å². The topological polar surface area (TPSA) is 69.4 Å². The van der Waals surface area contributed by atoms with E-state index in [1.54, 1.807) is 0 Å². The lowest BCUT2D eigenvalue weighted by atomic mass is 10.2. The molecule has 0 unspecified atom stereocenters. The van der Waals surface area contributed by atoms with Gasteiger partial charge < -0.3 is 4.74 Å². The average molecular weight is 304 g/mol. The summed E-state index contributed by atoms with van der Waals surface area (Å²) >= 11 is 11.6. The molecule has 7 heteroatoms. The van der Waals surface area contributed by atoms with Crippen LogP contribution in [0, 0.1) is 16.0 Å². The van der Waals surface area contributed by atoms with Gasteiger partial charge in [0.25, 0.3) is 5.69 Å². The minimum absolute atomic E-state index is 0.0244. The SMILES string of the molecule is O=C(OCCC1CC1)c1cc([N+](=O)[O-])cc(Cl)c1Cl. The first-order valence-electron chi connectivity index (χ1n) is 5.79. The van der Waals surface area contributed by atoms with Gasteiger partial charge in [-0.3, -0.25) is 10.1 Å². The first-order valence-corrected chi connectivity index (χ1v) is 6.55. The summed E-state index contributed by atoms with van der Waals surface area (Å²) < 4.78 is 5.04. The van der Waals surface area contributed by atoms with Crippen molar-refractivity contribution in [2.75, 3.05) is 6.61 Å². The fourth-order valence-electron chi connectivity index (χ4n) is 1.63. The number of carbonyl (C=O) groups excluding carboxylic acids is 1. The molecule has 1 aromatic rings. The monoisotopic (exact) mass is 303 g/mol. The number of benzene rings is 1. The number of rotatable bonds is 5. The van der Waals surface area contributed by atoms with E-state index in [-0.39, 0.29) is 21.3 Å². The molecule has 1 aromatic carbocycles. The van der Waals surface area contributed by atoms with E-state index in [4.69, 9.17) is 27.9 Å². The largest absolute Gasteiger partial charge is 0.462 e. The van der Waals surface area contributed by atoms with Crippen LogP contribution in [0.5, 0.6) is 0 Å². The lowest BCUT2D eigenvalue weighted by molar-refractivity contribution is -0.384. The normalized spacial score (nSPS) is 14.2. The quantitative estimate of drug-likeness (QED) is 0.470. The Morgan fingerprint density at radius 2 is 2.11 bits per heavy atom. The van der Waals surface area contributed by atoms with Gasteiger partial charge in [0.2, 0.25) is 0 Å². The third-order valence-corrected chi connectivity index (χ3v) is 3.70. The number of ether oxygens (including phenoxy) is 1. The second-order valence-corrected chi connectivity index (χ2v) is 5.20. The summed E-state index contributed by atoms with van der Waals surface area (Å²) in [5.41, 5.74) is -0.361. The molecule has 0 heterocycles. The molecule has 0 aromatic heterocycles. The van der Waals surface area contributed by atoms with E-state index in [0.29, 0.717) is 12.5 Å². The predicted molar refractivity (Wildman–Crippen MR) is 70.7 cm³/mol. The van der Waals surface area contributed by atoms with Crippen LogP contribution in [0.3, 0.4) is 0 Å². The maximum Gasteiger partial charge on any atom is 0.339 e. The van der Waals surface area contributed by atoms with Gasteiger partial charge in [-0.15, -0.1) is 0 Å². The van der Waals surface area contributed by atoms with Gasteiger partial charge >= 0.3 is 5.97 Å². The number of hydrogen-bond acceptors (Lipinski definition) is 4. The van der Waals surface area contributed by atoms with Crippen LogP contribution >= 0.6 is 23.2 Å². The van der Waals surface area contributed by atoms with Crippen molar-refractivity contribution in [2.24, 2.45) is 5.92 Å². The predicted octanol–water partition coefficient (Wildman–Crippen LogP) is 3.86. The molecule has 0 atom stereocenters. The zero-order valence-electron chi connectivity index (χ0n) is 9.90. The smallest absolute Gasteiger partial charge is 0.339 e. The summed E-state index contributed by atoms with van der Waals surface area (Å²) in [6.07, 6.45) is 3.15. The Bertz CT molecular complexity index is 529. The van der Waals surface area contributed by atoms with Crippen LogP contribution in [0.15, 0.2) is 12.1 Å². The van der Waals surface area contributed by atoms with Crippen LogP contribution in [-0.2, 0) is 4.74 Å². The summed E-state index contributed by atoms with van der Waals surface area (Å²) in [4.78, 5) is 21.9. The number of non-ortho nitro benzene ring substituents is 1. The second-order valence-electron chi connectivity index (χ2n) is 4.41. The summed E-state index contributed by atoms with van der Waals surface area (Å²) in [5, 5.41) is 10.6. The lowest BCUT2D eigenvalue weighted by Crippen LogP contribution is -2.08. The maximum atomic E-state index is 11.8. The third-order valence-electron chi connectivity index (χ3n) is 2.90. The number of esters is 1. The van der Waals surface area contributed by atoms with Crippen molar-refractivity contribution in [3.63, 3.8) is 0 Å². The Morgan fingerprint density at radius 3 is 2.68 bits per heavy atom. The Labute approximate surface area is 119 Å². The molecule has 102 valence electrons. The fourth-order valence-corrected chi connectivity index (χ4v) is 2.03. The molecule has 0 N–H and O–H groups in total. The van der Waals surface area contributed by atoms with Gasteiger partial charge in [0.05, 0.1) is 27.1 Å². The lowest BCUT2D eigenvalue weighted by Gasteiger charge is -2.07. The fraction of sp³-hybridized carbons (Fsp3) is 0.417. The number of nitro benzene ring substituents is 1. The molecule has 0 bridgehead atoms. The third kappa shape index (κ3) is 3.58. The molecule has 1 aliphatic carbocycles. The van der Waals surface area contributed by atoms with Gasteiger partial charge in [-0.2, -0.15) is 0 Å². The molecular weight excluding hydrogens is 293 g/mol. The van der Waals surface area contributed by atoms with Crippen molar-refractivity contribution in [3.05, 3.63) is 37.9 Å². The average Bonchev–Trinajstić information content (AvgIpc) is 3.16. The molecule has 1 fully saturated rings. The first-order chi connectivity index (χ1) is 8.99. The molecule has 1 aliphatic rings. The highest BCUT2D eigenvalue weighted by molar-refractivity contribution is 6.43. The maximum absolute atomic E-state index is 11.8. The molecule has 0 amide bonds. The molecule has 0 saturated heterocycles. The standard InChI is InChI=1S/C12H11Cl2NO4/c13-10-6-8(15(17)18)5-9(11(10)14)12(16)19-4-3-7-1-2-7/h5-7H,1-4H2. The van der Waals surface area contributed by atoms with E-state index in [0.717, 1.165) is 18.6 Å². The van der Waals surface area contributed by atoms with Gasteiger partial charge in [-0.1, -0.05) is 36.0 Å². The molecule has 0 radical (unpaired) electrons. The van der Waals surface area contributed by atoms with Crippen LogP contribution in [0.25, 0.3) is 0 Å². The molecule has 2 rings (SSSR count). The zero-order chi connectivity index (χ0) is 14.0. The van der Waals surface area contributed by atoms with Gasteiger partial charge in [0, 0.05) is 12.1 Å². The van der Waals surface area contributed by atoms with Gasteiger partial charge in [0.1, 0.15) is 0 Å². The zero-order valence-corrected chi connectivity index (χ0v) is 11.4. The van der Waals surface area contributed by atoms with E-state index in [2.05, 4.69) is 0 Å². The van der Waals surface area contributed by atoms with Crippen molar-refractivity contribution in [1.29, 1.82) is 0 Å². The summed E-state index contributed by atoms with van der Waals surface area (Å²) in [5.74, 6) is -0.0479. The Kier molecular flexibility index (Phi) is 4.27. The minimum atomic E-state index is -0.684. The number of nitro groups is 1. The molecule has 5 nitrogen and oxygen atoms in total. The first kappa shape index (κ1) is 14.1. The minimum Gasteiger partial charge on any atom is -0.462 e. The van der Waals surface area contributed by atoms with Crippen molar-refractivity contribution < 1.29 is 14.5 Å². The number of hydrogen-bond donors (Lipinski definition) is 0. The van der Waals surface area contributed by atoms with Crippen LogP contribution in [-0.4, -0.2) is 17.5 Å². The number of carbonyl (C=O) groups is 1. The van der Waals surface area contributed by atoms with Crippen molar-refractivity contribution in [3.8, 4) is 0 Å². The Balaban J connectivity index is 2.11. The molecular formula is C12H11Cl2NO4. The second kappa shape index (κ2) is 5.75. The highest BCUT2D eigenvalue weighted by Crippen LogP contribution is 2.33. The van der Waals surface area contributed by atoms with E-state index >= 15 is 0 Å². The highest BCUT2D eigenvalue weighted by atomic mass is 35.5. The Hall–Kier alpha value is -1.33. The van der Waals surface area contributed by atoms with Gasteiger partial charge in [0.15, 0.2) is 0 Å². The van der Waals surface area contributed by atoms with E-state index in [9.17, 15) is 14.9 Å².